The van der Waals surface area contributed by atoms with E-state index >= 15 is 0 Å². The van der Waals surface area contributed by atoms with Crippen LogP contribution >= 0.6 is 0 Å². The fourth-order valence-electron chi connectivity index (χ4n) is 2.81. The number of hydrogen-bond acceptors (Lipinski definition) is 6. The van der Waals surface area contributed by atoms with Gasteiger partial charge in [-0.05, 0) is 23.3 Å². The first-order valence-corrected chi connectivity index (χ1v) is 11.1. The lowest BCUT2D eigenvalue weighted by Gasteiger charge is -2.20. The van der Waals surface area contributed by atoms with Crippen LogP contribution in [0, 0.1) is 5.82 Å². The van der Waals surface area contributed by atoms with Crippen LogP contribution < -0.4 is 5.32 Å². The standard InChI is InChI=1S/C21H21FN4O4S/c1-31(29,30)26(13-16-7-9-17(22)10-8-16)14-19-23-12-18(21(27)28)20(25-19)24-11-15-5-3-2-4-6-15/h2-10,12H,11,13-14H2,1H3,(H,27,28)(H,23,24,25). The van der Waals surface area contributed by atoms with Gasteiger partial charge in [-0.3, -0.25) is 0 Å². The molecule has 31 heavy (non-hydrogen) atoms. The van der Waals surface area contributed by atoms with Crippen LogP contribution in [-0.4, -0.2) is 40.0 Å². The normalized spacial score (nSPS) is 11.5. The van der Waals surface area contributed by atoms with Crippen molar-refractivity contribution >= 4 is 21.8 Å². The summed E-state index contributed by atoms with van der Waals surface area (Å²) in [5.74, 6) is -1.39. The second kappa shape index (κ2) is 9.63. The number of rotatable bonds is 9. The Morgan fingerprint density at radius 1 is 1.06 bits per heavy atom. The van der Waals surface area contributed by atoms with Crippen LogP contribution in [-0.2, 0) is 29.7 Å². The minimum absolute atomic E-state index is 0.00404. The first-order valence-electron chi connectivity index (χ1n) is 9.29. The maximum Gasteiger partial charge on any atom is 0.341 e. The molecule has 3 aromatic rings. The molecular weight excluding hydrogens is 423 g/mol. The summed E-state index contributed by atoms with van der Waals surface area (Å²) in [4.78, 5) is 19.8. The SMILES string of the molecule is CS(=O)(=O)N(Cc1ccc(F)cc1)Cc1ncc(C(=O)O)c(NCc2ccccc2)n1. The average molecular weight is 444 g/mol. The Morgan fingerprint density at radius 3 is 2.35 bits per heavy atom. The Balaban J connectivity index is 1.83. The number of hydrogen-bond donors (Lipinski definition) is 2. The van der Waals surface area contributed by atoms with Crippen LogP contribution in [0.4, 0.5) is 10.2 Å². The van der Waals surface area contributed by atoms with Crippen LogP contribution in [0.1, 0.15) is 27.3 Å². The van der Waals surface area contributed by atoms with Gasteiger partial charge in [-0.2, -0.15) is 4.31 Å². The van der Waals surface area contributed by atoms with Gasteiger partial charge in [-0.25, -0.2) is 27.6 Å². The molecule has 3 rings (SSSR count). The van der Waals surface area contributed by atoms with Crippen molar-refractivity contribution in [1.82, 2.24) is 14.3 Å². The molecule has 0 amide bonds. The van der Waals surface area contributed by atoms with Gasteiger partial charge in [-0.1, -0.05) is 42.5 Å². The van der Waals surface area contributed by atoms with Crippen LogP contribution in [0.5, 0.6) is 0 Å². The number of anilines is 1. The van der Waals surface area contributed by atoms with Crippen molar-refractivity contribution in [3.63, 3.8) is 0 Å². The van der Waals surface area contributed by atoms with E-state index in [9.17, 15) is 22.7 Å². The molecule has 1 aromatic heterocycles. The van der Waals surface area contributed by atoms with Crippen molar-refractivity contribution in [2.75, 3.05) is 11.6 Å². The number of benzene rings is 2. The van der Waals surface area contributed by atoms with Gasteiger partial charge >= 0.3 is 5.97 Å². The number of nitrogens with one attached hydrogen (secondary N) is 1. The number of carboxylic acid groups (broad SMARTS) is 1. The van der Waals surface area contributed by atoms with Crippen molar-refractivity contribution in [2.45, 2.75) is 19.6 Å². The number of carboxylic acids is 1. The smallest absolute Gasteiger partial charge is 0.341 e. The predicted octanol–water partition coefficient (Wildman–Crippen LogP) is 2.89. The number of carbonyl (C=O) groups is 1. The second-order valence-electron chi connectivity index (χ2n) is 6.85. The molecule has 0 bridgehead atoms. The molecule has 0 saturated carbocycles. The van der Waals surface area contributed by atoms with E-state index < -0.39 is 21.8 Å². The zero-order chi connectivity index (χ0) is 22.4. The van der Waals surface area contributed by atoms with Gasteiger partial charge in [0.2, 0.25) is 10.0 Å². The largest absolute Gasteiger partial charge is 0.477 e. The van der Waals surface area contributed by atoms with Crippen molar-refractivity contribution in [2.24, 2.45) is 0 Å². The van der Waals surface area contributed by atoms with Gasteiger partial charge in [0, 0.05) is 19.3 Å². The van der Waals surface area contributed by atoms with E-state index in [4.69, 9.17) is 0 Å². The molecule has 2 N–H and O–H groups in total. The Morgan fingerprint density at radius 2 is 1.74 bits per heavy atom. The molecule has 0 saturated heterocycles. The molecule has 0 spiro atoms. The third kappa shape index (κ3) is 6.30. The van der Waals surface area contributed by atoms with E-state index in [0.29, 0.717) is 12.1 Å². The first-order chi connectivity index (χ1) is 14.7. The van der Waals surface area contributed by atoms with Gasteiger partial charge in [-0.15, -0.1) is 0 Å². The Labute approximate surface area is 179 Å². The highest BCUT2D eigenvalue weighted by atomic mass is 32.2. The van der Waals surface area contributed by atoms with Crippen LogP contribution in [0.2, 0.25) is 0 Å². The fraction of sp³-hybridized carbons (Fsp3) is 0.190. The van der Waals surface area contributed by atoms with Crippen molar-refractivity contribution in [3.8, 4) is 0 Å². The molecule has 162 valence electrons. The number of aromatic nitrogens is 2. The number of sulfonamides is 1. The molecule has 2 aromatic carbocycles. The highest BCUT2D eigenvalue weighted by Gasteiger charge is 2.21. The van der Waals surface area contributed by atoms with Gasteiger partial charge in [0.1, 0.15) is 23.0 Å². The Kier molecular flexibility index (Phi) is 6.93. The summed E-state index contributed by atoms with van der Waals surface area (Å²) in [5.41, 5.74) is 1.40. The van der Waals surface area contributed by atoms with Gasteiger partial charge in [0.05, 0.1) is 12.8 Å². The molecule has 1 heterocycles. The maximum atomic E-state index is 13.1. The molecular formula is C21H21FN4O4S. The molecule has 0 aliphatic rings. The molecule has 0 atom stereocenters. The van der Waals surface area contributed by atoms with E-state index in [1.165, 1.54) is 24.3 Å². The number of halogens is 1. The predicted molar refractivity (Wildman–Crippen MR) is 113 cm³/mol. The fourth-order valence-corrected chi connectivity index (χ4v) is 3.54. The quantitative estimate of drug-likeness (QED) is 0.522. The lowest BCUT2D eigenvalue weighted by Crippen LogP contribution is -2.30. The topological polar surface area (TPSA) is 112 Å². The first kappa shape index (κ1) is 22.3. The summed E-state index contributed by atoms with van der Waals surface area (Å²) in [5, 5.41) is 12.4. The van der Waals surface area contributed by atoms with Crippen molar-refractivity contribution in [3.05, 3.63) is 89.1 Å². The third-order valence-corrected chi connectivity index (χ3v) is 5.63. The lowest BCUT2D eigenvalue weighted by atomic mass is 10.2. The van der Waals surface area contributed by atoms with Crippen LogP contribution in [0.3, 0.4) is 0 Å². The zero-order valence-corrected chi connectivity index (χ0v) is 17.5. The molecule has 0 radical (unpaired) electrons. The summed E-state index contributed by atoms with van der Waals surface area (Å²) < 4.78 is 38.8. The summed E-state index contributed by atoms with van der Waals surface area (Å²) in [6.45, 7) is 0.162. The number of aromatic carboxylic acids is 1. The molecule has 0 fully saturated rings. The van der Waals surface area contributed by atoms with E-state index in [1.54, 1.807) is 0 Å². The molecule has 0 unspecified atom stereocenters. The van der Waals surface area contributed by atoms with Gasteiger partial charge in [0.15, 0.2) is 0 Å². The van der Waals surface area contributed by atoms with E-state index in [0.717, 1.165) is 22.3 Å². The molecule has 0 aliphatic carbocycles. The van der Waals surface area contributed by atoms with Crippen molar-refractivity contribution < 1.29 is 22.7 Å². The van der Waals surface area contributed by atoms with Crippen molar-refractivity contribution in [1.29, 1.82) is 0 Å². The van der Waals surface area contributed by atoms with Gasteiger partial charge in [0.25, 0.3) is 0 Å². The third-order valence-electron chi connectivity index (χ3n) is 4.43. The lowest BCUT2D eigenvalue weighted by molar-refractivity contribution is 0.0697. The Hall–Kier alpha value is -3.37. The molecule has 0 aliphatic heterocycles. The van der Waals surface area contributed by atoms with E-state index in [2.05, 4.69) is 15.3 Å². The summed E-state index contributed by atoms with van der Waals surface area (Å²) in [6.07, 6.45) is 2.20. The Bertz CT molecular complexity index is 1160. The van der Waals surface area contributed by atoms with E-state index in [-0.39, 0.29) is 30.3 Å². The number of nitrogens with zero attached hydrogens (tertiary/aromatic N) is 3. The zero-order valence-electron chi connectivity index (χ0n) is 16.7. The highest BCUT2D eigenvalue weighted by Crippen LogP contribution is 2.17. The summed E-state index contributed by atoms with van der Waals surface area (Å²) >= 11 is 0. The van der Waals surface area contributed by atoms with Gasteiger partial charge < -0.3 is 10.4 Å². The van der Waals surface area contributed by atoms with Crippen LogP contribution in [0.25, 0.3) is 0 Å². The summed E-state index contributed by atoms with van der Waals surface area (Å²) in [7, 11) is -3.64. The molecule has 10 heteroatoms. The molecule has 8 nitrogen and oxygen atoms in total. The average Bonchev–Trinajstić information content (AvgIpc) is 2.73. The minimum atomic E-state index is -3.64. The maximum absolute atomic E-state index is 13.1. The van der Waals surface area contributed by atoms with E-state index in [1.807, 2.05) is 30.3 Å². The summed E-state index contributed by atoms with van der Waals surface area (Å²) in [6, 6.07) is 14.8. The minimum Gasteiger partial charge on any atom is -0.477 e. The highest BCUT2D eigenvalue weighted by molar-refractivity contribution is 7.88. The van der Waals surface area contributed by atoms with Crippen LogP contribution in [0.15, 0.2) is 60.8 Å². The monoisotopic (exact) mass is 444 g/mol. The second-order valence-corrected chi connectivity index (χ2v) is 8.83.